The minimum Gasteiger partial charge on any atom is -0.465 e. The Bertz CT molecular complexity index is 1110. The first kappa shape index (κ1) is 27.8. The summed E-state index contributed by atoms with van der Waals surface area (Å²) in [5.41, 5.74) is 0.117. The summed E-state index contributed by atoms with van der Waals surface area (Å²) >= 11 is 1.11. The Morgan fingerprint density at radius 3 is 2.46 bits per heavy atom. The van der Waals surface area contributed by atoms with Crippen molar-refractivity contribution in [2.24, 2.45) is 5.92 Å². The third kappa shape index (κ3) is 5.96. The lowest BCUT2D eigenvalue weighted by Gasteiger charge is -2.15. The van der Waals surface area contributed by atoms with Crippen LogP contribution in [0.4, 0.5) is 32.0 Å². The molecule has 0 aromatic carbocycles. The van der Waals surface area contributed by atoms with Crippen LogP contribution in [0.5, 0.6) is 0 Å². The van der Waals surface area contributed by atoms with Gasteiger partial charge in [0.1, 0.15) is 11.6 Å². The van der Waals surface area contributed by atoms with Crippen LogP contribution in [0.15, 0.2) is 17.6 Å². The van der Waals surface area contributed by atoms with E-state index in [0.717, 1.165) is 42.3 Å². The molecule has 37 heavy (non-hydrogen) atoms. The second-order valence-corrected chi connectivity index (χ2v) is 10.8. The van der Waals surface area contributed by atoms with Gasteiger partial charge in [-0.2, -0.15) is 17.6 Å². The number of esters is 1. The molecule has 0 N–H and O–H groups in total. The molecule has 2 aliphatic rings. The molecule has 0 amide bonds. The fraction of sp³-hybridized carbons (Fsp3) is 0.708. The first-order valence-corrected chi connectivity index (χ1v) is 13.4. The number of thioether (sulfide) groups is 1. The van der Waals surface area contributed by atoms with Gasteiger partial charge < -0.3 is 14.2 Å². The van der Waals surface area contributed by atoms with E-state index in [1.807, 2.05) is 6.92 Å². The molecule has 4 rings (SSSR count). The zero-order chi connectivity index (χ0) is 27.0. The number of fused-ring (bicyclic) bond motifs is 1. The van der Waals surface area contributed by atoms with Crippen LogP contribution >= 0.6 is 11.8 Å². The number of ether oxygens (including phenoxy) is 1. The molecule has 2 aromatic rings. The van der Waals surface area contributed by atoms with Gasteiger partial charge in [0.05, 0.1) is 43.5 Å². The number of hydrogen-bond acceptors (Lipinski definition) is 6. The van der Waals surface area contributed by atoms with Crippen molar-refractivity contribution in [3.8, 4) is 0 Å². The van der Waals surface area contributed by atoms with Crippen molar-refractivity contribution >= 4 is 34.5 Å². The number of hydrogen-bond donors (Lipinski definition) is 0. The van der Waals surface area contributed by atoms with Crippen molar-refractivity contribution in [1.29, 1.82) is 0 Å². The van der Waals surface area contributed by atoms with Gasteiger partial charge in [0.25, 0.3) is 5.92 Å². The number of anilines is 1. The number of alkyl halides is 6. The van der Waals surface area contributed by atoms with Crippen molar-refractivity contribution in [1.82, 2.24) is 14.5 Å². The average molecular weight is 553 g/mol. The Labute approximate surface area is 215 Å². The SMILES string of the molecule is CCCCC(CC)COC(=O)CCSc1ncc2c(n1)c(N1CC(F)(F)C(F)(F)C1)cn2C1CC1(F)F. The monoisotopic (exact) mass is 552 g/mol. The van der Waals surface area contributed by atoms with Gasteiger partial charge in [-0.05, 0) is 12.3 Å². The second-order valence-electron chi connectivity index (χ2n) is 9.75. The Hall–Kier alpha value is -2.18. The van der Waals surface area contributed by atoms with E-state index in [1.54, 1.807) is 0 Å². The maximum Gasteiger partial charge on any atom is 0.329 e. The van der Waals surface area contributed by atoms with Crippen LogP contribution in [-0.2, 0) is 9.53 Å². The summed E-state index contributed by atoms with van der Waals surface area (Å²) in [6.07, 6.45) is 6.15. The van der Waals surface area contributed by atoms with Gasteiger partial charge >= 0.3 is 17.8 Å². The van der Waals surface area contributed by atoms with Gasteiger partial charge in [-0.25, -0.2) is 18.7 Å². The van der Waals surface area contributed by atoms with E-state index in [9.17, 15) is 31.1 Å². The number of nitrogens with zero attached hydrogens (tertiary/aromatic N) is 4. The number of halogens is 6. The fourth-order valence-corrected chi connectivity index (χ4v) is 5.14. The first-order chi connectivity index (χ1) is 17.4. The standard InChI is InChI=1S/C24H30F6N4O2S/c1-3-5-6-15(4-2)12-36-19(35)7-8-37-21-31-10-16-20(32-21)17(11-34(16)18-9-22(18,25)26)33-13-23(27,28)24(29,30)14-33/h10-11,15,18H,3-9,12-14H2,1-2H3. The second kappa shape index (κ2) is 10.5. The van der Waals surface area contributed by atoms with Gasteiger partial charge in [-0.3, -0.25) is 4.79 Å². The van der Waals surface area contributed by atoms with E-state index in [2.05, 4.69) is 16.9 Å². The van der Waals surface area contributed by atoms with Gasteiger partial charge in [0.2, 0.25) is 0 Å². The highest BCUT2D eigenvalue weighted by molar-refractivity contribution is 7.99. The first-order valence-electron chi connectivity index (χ1n) is 12.4. The minimum absolute atomic E-state index is 0.0398. The Morgan fingerprint density at radius 1 is 1.19 bits per heavy atom. The lowest BCUT2D eigenvalue weighted by Crippen LogP contribution is -2.38. The topological polar surface area (TPSA) is 60.2 Å². The normalized spacial score (nSPS) is 22.4. The fourth-order valence-electron chi connectivity index (χ4n) is 4.40. The van der Waals surface area contributed by atoms with E-state index in [0.29, 0.717) is 12.5 Å². The molecule has 6 nitrogen and oxygen atoms in total. The molecule has 0 radical (unpaired) electrons. The van der Waals surface area contributed by atoms with E-state index in [1.165, 1.54) is 17.0 Å². The van der Waals surface area contributed by atoms with E-state index >= 15 is 0 Å². The number of rotatable bonds is 12. The molecule has 1 aliphatic heterocycles. The number of carbonyl (C=O) groups is 1. The Balaban J connectivity index is 1.45. The molecule has 3 heterocycles. The smallest absolute Gasteiger partial charge is 0.329 e. The van der Waals surface area contributed by atoms with Crippen molar-refractivity contribution in [2.75, 3.05) is 30.3 Å². The number of aromatic nitrogens is 3. The predicted octanol–water partition coefficient (Wildman–Crippen LogP) is 6.34. The maximum atomic E-state index is 13.9. The lowest BCUT2D eigenvalue weighted by molar-refractivity contribution is -0.172. The van der Waals surface area contributed by atoms with Crippen molar-refractivity contribution < 1.29 is 35.9 Å². The summed E-state index contributed by atoms with van der Waals surface area (Å²) in [6, 6.07) is -1.21. The summed E-state index contributed by atoms with van der Waals surface area (Å²) in [5.74, 6) is -11.3. The van der Waals surface area contributed by atoms with E-state index in [4.69, 9.17) is 4.74 Å². The van der Waals surface area contributed by atoms with Crippen LogP contribution in [0.25, 0.3) is 11.0 Å². The highest BCUT2D eigenvalue weighted by atomic mass is 32.2. The molecule has 206 valence electrons. The zero-order valence-corrected chi connectivity index (χ0v) is 21.5. The van der Waals surface area contributed by atoms with Gasteiger partial charge in [0, 0.05) is 18.4 Å². The molecule has 2 unspecified atom stereocenters. The minimum atomic E-state index is -4.26. The third-order valence-corrected chi connectivity index (χ3v) is 7.74. The zero-order valence-electron chi connectivity index (χ0n) is 20.7. The molecule has 2 atom stereocenters. The van der Waals surface area contributed by atoms with Crippen LogP contribution in [-0.4, -0.2) is 63.7 Å². The molecule has 1 saturated carbocycles. The lowest BCUT2D eigenvalue weighted by atomic mass is 10.0. The Kier molecular flexibility index (Phi) is 7.92. The quantitative estimate of drug-likeness (QED) is 0.133. The Morgan fingerprint density at radius 2 is 1.86 bits per heavy atom. The summed E-state index contributed by atoms with van der Waals surface area (Å²) in [7, 11) is 0. The maximum absolute atomic E-state index is 13.9. The van der Waals surface area contributed by atoms with Crippen LogP contribution in [0, 0.1) is 5.92 Å². The summed E-state index contributed by atoms with van der Waals surface area (Å²) in [6.45, 7) is 2.00. The molecule has 1 aliphatic carbocycles. The molecule has 2 aromatic heterocycles. The number of unbranched alkanes of at least 4 members (excludes halogenated alkanes) is 1. The van der Waals surface area contributed by atoms with Crippen LogP contribution in [0.3, 0.4) is 0 Å². The highest BCUT2D eigenvalue weighted by Gasteiger charge is 2.63. The van der Waals surface area contributed by atoms with E-state index in [-0.39, 0.29) is 40.0 Å². The summed E-state index contributed by atoms with van der Waals surface area (Å²) in [4.78, 5) is 21.4. The van der Waals surface area contributed by atoms with Crippen LogP contribution in [0.1, 0.15) is 58.4 Å². The number of carbonyl (C=O) groups excluding carboxylic acids is 1. The summed E-state index contributed by atoms with van der Waals surface area (Å²) in [5, 5.41) is 0.175. The van der Waals surface area contributed by atoms with Crippen molar-refractivity contribution in [3.63, 3.8) is 0 Å². The molecule has 0 spiro atoms. The van der Waals surface area contributed by atoms with Crippen molar-refractivity contribution in [3.05, 3.63) is 12.4 Å². The molecule has 0 bridgehead atoms. The molecular weight excluding hydrogens is 522 g/mol. The average Bonchev–Trinajstić information content (AvgIpc) is 3.19. The largest absolute Gasteiger partial charge is 0.465 e. The molecule has 13 heteroatoms. The van der Waals surface area contributed by atoms with E-state index < -0.39 is 43.3 Å². The highest BCUT2D eigenvalue weighted by Crippen LogP contribution is 2.55. The van der Waals surface area contributed by atoms with Gasteiger partial charge in [0.15, 0.2) is 5.16 Å². The summed E-state index contributed by atoms with van der Waals surface area (Å²) < 4.78 is 89.6. The van der Waals surface area contributed by atoms with Crippen molar-refractivity contribution in [2.45, 2.75) is 81.3 Å². The van der Waals surface area contributed by atoms with Gasteiger partial charge in [-0.15, -0.1) is 0 Å². The predicted molar refractivity (Wildman–Crippen MR) is 128 cm³/mol. The third-order valence-electron chi connectivity index (χ3n) is 6.87. The van der Waals surface area contributed by atoms with Crippen LogP contribution in [0.2, 0.25) is 0 Å². The molecule has 1 saturated heterocycles. The molecule has 2 fully saturated rings. The molecular formula is C24H30F6N4O2S. The van der Waals surface area contributed by atoms with Gasteiger partial charge in [-0.1, -0.05) is 44.9 Å². The van der Waals surface area contributed by atoms with Crippen LogP contribution < -0.4 is 4.90 Å².